The number of nitrogens with two attached hydrogens (primary N) is 1. The second kappa shape index (κ2) is 5.51. The Morgan fingerprint density at radius 3 is 2.53 bits per heavy atom. The monoisotopic (exact) mass is 262 g/mol. The van der Waals surface area contributed by atoms with Gasteiger partial charge >= 0.3 is 0 Å². The fourth-order valence-electron chi connectivity index (χ4n) is 3.42. The van der Waals surface area contributed by atoms with Gasteiger partial charge in [-0.1, -0.05) is 19.9 Å². The molecule has 1 saturated heterocycles. The van der Waals surface area contributed by atoms with E-state index in [9.17, 15) is 5.11 Å². The molecule has 3 heteroatoms. The van der Waals surface area contributed by atoms with Gasteiger partial charge in [0, 0.05) is 6.04 Å². The van der Waals surface area contributed by atoms with Crippen LogP contribution in [0, 0.1) is 5.41 Å². The maximum absolute atomic E-state index is 9.56. The first kappa shape index (κ1) is 14.4. The topological polar surface area (TPSA) is 49.5 Å². The van der Waals surface area contributed by atoms with Gasteiger partial charge in [-0.25, -0.2) is 0 Å². The van der Waals surface area contributed by atoms with Crippen LogP contribution in [0.5, 0.6) is 5.75 Å². The van der Waals surface area contributed by atoms with E-state index in [-0.39, 0.29) is 11.5 Å². The van der Waals surface area contributed by atoms with Crippen LogP contribution in [0.3, 0.4) is 0 Å². The van der Waals surface area contributed by atoms with Crippen LogP contribution in [0.1, 0.15) is 43.9 Å². The molecule has 1 aliphatic carbocycles. The maximum atomic E-state index is 9.56. The maximum Gasteiger partial charge on any atom is 0.115 e. The molecule has 1 fully saturated rings. The van der Waals surface area contributed by atoms with Crippen LogP contribution in [0.2, 0.25) is 0 Å². The van der Waals surface area contributed by atoms with Crippen molar-refractivity contribution in [2.45, 2.75) is 39.2 Å². The van der Waals surface area contributed by atoms with Gasteiger partial charge in [-0.15, -0.1) is 0 Å². The largest absolute Gasteiger partial charge is 0.508 e. The van der Waals surface area contributed by atoms with E-state index in [1.54, 1.807) is 6.07 Å². The molecule has 1 atom stereocenters. The zero-order valence-electron chi connectivity index (χ0n) is 12.3. The normalized spacial score (nSPS) is 24.7. The molecule has 1 aliphatic heterocycles. The lowest BCUT2D eigenvalue weighted by Gasteiger charge is -2.41. The van der Waals surface area contributed by atoms with Crippen LogP contribution >= 0.6 is 0 Å². The van der Waals surface area contributed by atoms with E-state index >= 15 is 0 Å². The van der Waals surface area contributed by atoms with Crippen molar-refractivity contribution in [2.24, 2.45) is 11.1 Å². The van der Waals surface area contributed by atoms with Crippen LogP contribution in [-0.2, 0) is 6.42 Å². The Morgan fingerprint density at radius 2 is 1.89 bits per heavy atom. The Balaban J connectivity index is 0.000000637. The lowest BCUT2D eigenvalue weighted by molar-refractivity contribution is 0.106. The fraction of sp³-hybridized carbons (Fsp3) is 0.625. The molecule has 1 aromatic rings. The molecule has 1 aromatic carbocycles. The van der Waals surface area contributed by atoms with Crippen molar-refractivity contribution in [1.82, 2.24) is 4.90 Å². The highest BCUT2D eigenvalue weighted by Gasteiger charge is 2.45. The smallest absolute Gasteiger partial charge is 0.115 e. The van der Waals surface area contributed by atoms with Crippen LogP contribution in [0.15, 0.2) is 18.2 Å². The predicted octanol–water partition coefficient (Wildman–Crippen LogP) is 2.69. The molecule has 19 heavy (non-hydrogen) atoms. The van der Waals surface area contributed by atoms with Crippen LogP contribution in [-0.4, -0.2) is 30.1 Å². The van der Waals surface area contributed by atoms with Gasteiger partial charge in [0.05, 0.1) is 0 Å². The highest BCUT2D eigenvalue weighted by molar-refractivity contribution is 5.42. The van der Waals surface area contributed by atoms with Gasteiger partial charge in [0.1, 0.15) is 5.75 Å². The second-order valence-electron chi connectivity index (χ2n) is 5.70. The van der Waals surface area contributed by atoms with Crippen molar-refractivity contribution >= 4 is 0 Å². The van der Waals surface area contributed by atoms with Gasteiger partial charge in [0.15, 0.2) is 0 Å². The predicted molar refractivity (Wildman–Crippen MR) is 79.3 cm³/mol. The molecule has 3 rings (SSSR count). The Kier molecular flexibility index (Phi) is 4.16. The van der Waals surface area contributed by atoms with Gasteiger partial charge in [-0.2, -0.15) is 0 Å². The first-order valence-electron chi connectivity index (χ1n) is 7.37. The average molecular weight is 262 g/mol. The zero-order chi connectivity index (χ0) is 14.0. The molecule has 0 radical (unpaired) electrons. The van der Waals surface area contributed by atoms with Crippen LogP contribution < -0.4 is 5.73 Å². The van der Waals surface area contributed by atoms with E-state index in [4.69, 9.17) is 5.73 Å². The highest BCUT2D eigenvalue weighted by atomic mass is 16.3. The Morgan fingerprint density at radius 1 is 1.26 bits per heavy atom. The Hall–Kier alpha value is -1.06. The molecule has 3 N–H and O–H groups in total. The van der Waals surface area contributed by atoms with Crippen LogP contribution in [0.25, 0.3) is 0 Å². The van der Waals surface area contributed by atoms with E-state index < -0.39 is 0 Å². The van der Waals surface area contributed by atoms with Gasteiger partial charge in [-0.05, 0) is 68.1 Å². The van der Waals surface area contributed by atoms with Crippen molar-refractivity contribution in [2.75, 3.05) is 20.1 Å². The molecule has 0 saturated carbocycles. The average Bonchev–Trinajstić information content (AvgIpc) is 2.68. The summed E-state index contributed by atoms with van der Waals surface area (Å²) in [5.74, 6) is 0.362. The lowest BCUT2D eigenvalue weighted by Crippen LogP contribution is -2.42. The molecular formula is C16H26N2O. The summed E-state index contributed by atoms with van der Waals surface area (Å²) >= 11 is 0. The molecule has 0 aromatic heterocycles. The molecule has 0 unspecified atom stereocenters. The minimum absolute atomic E-state index is 0.145. The van der Waals surface area contributed by atoms with Crippen molar-refractivity contribution < 1.29 is 5.11 Å². The Bertz CT molecular complexity index is 436. The van der Waals surface area contributed by atoms with Crippen molar-refractivity contribution in [3.63, 3.8) is 0 Å². The summed E-state index contributed by atoms with van der Waals surface area (Å²) < 4.78 is 0. The summed E-state index contributed by atoms with van der Waals surface area (Å²) in [6.07, 6.45) is 3.37. The number of likely N-dealkylation sites (tertiary alicyclic amines) is 1. The summed E-state index contributed by atoms with van der Waals surface area (Å²) in [5, 5.41) is 9.56. The molecule has 0 amide bonds. The number of phenols is 1. The minimum Gasteiger partial charge on any atom is -0.508 e. The molecule has 1 spiro atoms. The number of rotatable bonds is 0. The molecule has 1 heterocycles. The van der Waals surface area contributed by atoms with E-state index in [0.29, 0.717) is 5.75 Å². The standard InChI is InChI=1S/C14H20N2O.C2H6/c1-16-6-4-14(5-7-16)9-10-8-11(17)2-3-12(10)13(14)15;1-2/h2-3,8,13,17H,4-7,9,15H2,1H3;1-2H3/t13-;/m1./s1. The number of fused-ring (bicyclic) bond motifs is 1. The fourth-order valence-corrected chi connectivity index (χ4v) is 3.42. The van der Waals surface area contributed by atoms with Gasteiger partial charge in [-0.3, -0.25) is 0 Å². The van der Waals surface area contributed by atoms with Crippen molar-refractivity contribution in [1.29, 1.82) is 0 Å². The minimum atomic E-state index is 0.145. The van der Waals surface area contributed by atoms with E-state index in [1.165, 1.54) is 24.0 Å². The second-order valence-corrected chi connectivity index (χ2v) is 5.70. The summed E-state index contributed by atoms with van der Waals surface area (Å²) in [7, 11) is 2.17. The zero-order valence-corrected chi connectivity index (χ0v) is 12.3. The SMILES string of the molecule is CC.CN1CCC2(CC1)Cc1cc(O)ccc1[C@H]2N. The number of hydrogen-bond acceptors (Lipinski definition) is 3. The van der Waals surface area contributed by atoms with E-state index in [1.807, 2.05) is 26.0 Å². The summed E-state index contributed by atoms with van der Waals surface area (Å²) in [6.45, 7) is 6.27. The summed E-state index contributed by atoms with van der Waals surface area (Å²) in [4.78, 5) is 2.37. The van der Waals surface area contributed by atoms with E-state index in [0.717, 1.165) is 19.5 Å². The number of piperidine rings is 1. The summed E-state index contributed by atoms with van der Waals surface area (Å²) in [5.41, 5.74) is 9.18. The van der Waals surface area contributed by atoms with Gasteiger partial charge in [0.2, 0.25) is 0 Å². The number of aromatic hydroxyl groups is 1. The van der Waals surface area contributed by atoms with Gasteiger partial charge < -0.3 is 15.7 Å². The third kappa shape index (κ3) is 2.49. The number of nitrogens with zero attached hydrogens (tertiary/aromatic N) is 1. The quantitative estimate of drug-likeness (QED) is 0.756. The van der Waals surface area contributed by atoms with Gasteiger partial charge in [0.25, 0.3) is 0 Å². The first-order chi connectivity index (χ1) is 9.11. The third-order valence-electron chi connectivity index (χ3n) is 4.65. The number of benzene rings is 1. The molecule has 106 valence electrons. The summed E-state index contributed by atoms with van der Waals surface area (Å²) in [6, 6.07) is 5.80. The Labute approximate surface area is 116 Å². The molecule has 0 bridgehead atoms. The lowest BCUT2D eigenvalue weighted by atomic mass is 9.73. The third-order valence-corrected chi connectivity index (χ3v) is 4.65. The number of phenolic OH excluding ortho intramolecular Hbond substituents is 1. The number of hydrogen-bond donors (Lipinski definition) is 2. The molecular weight excluding hydrogens is 236 g/mol. The molecule has 2 aliphatic rings. The van der Waals surface area contributed by atoms with Crippen molar-refractivity contribution in [3.05, 3.63) is 29.3 Å². The van der Waals surface area contributed by atoms with Crippen molar-refractivity contribution in [3.8, 4) is 5.75 Å². The van der Waals surface area contributed by atoms with Crippen LogP contribution in [0.4, 0.5) is 0 Å². The van der Waals surface area contributed by atoms with E-state index in [2.05, 4.69) is 11.9 Å². The highest BCUT2D eigenvalue weighted by Crippen LogP contribution is 2.51. The first-order valence-corrected chi connectivity index (χ1v) is 7.37. The molecule has 3 nitrogen and oxygen atoms in total.